The van der Waals surface area contributed by atoms with Crippen molar-refractivity contribution in [3.8, 4) is 11.4 Å². The third-order valence-electron chi connectivity index (χ3n) is 4.81. The average Bonchev–Trinajstić information content (AvgIpc) is 3.25. The van der Waals surface area contributed by atoms with E-state index in [1.807, 2.05) is 19.2 Å². The van der Waals surface area contributed by atoms with Crippen molar-refractivity contribution < 1.29 is 0 Å². The smallest absolute Gasteiger partial charge is 0.215 e. The van der Waals surface area contributed by atoms with Crippen LogP contribution in [-0.4, -0.2) is 35.2 Å². The molecule has 0 radical (unpaired) electrons. The fourth-order valence-electron chi connectivity index (χ4n) is 3.40. The van der Waals surface area contributed by atoms with Crippen molar-refractivity contribution in [2.24, 2.45) is 13.0 Å². The molecule has 5 rings (SSSR count). The summed E-state index contributed by atoms with van der Waals surface area (Å²) in [6, 6.07) is 3.89. The van der Waals surface area contributed by atoms with Crippen LogP contribution in [0.3, 0.4) is 0 Å². The Morgan fingerprint density at radius 2 is 2.22 bits per heavy atom. The maximum Gasteiger partial charge on any atom is 0.215 e. The van der Waals surface area contributed by atoms with Gasteiger partial charge in [0.1, 0.15) is 9.86 Å². The normalized spacial score (nSPS) is 16.6. The Morgan fingerprint density at radius 1 is 1.30 bits per heavy atom. The van der Waals surface area contributed by atoms with E-state index in [2.05, 4.69) is 27.4 Å². The summed E-state index contributed by atoms with van der Waals surface area (Å²) in [5, 5.41) is 14.6. The number of aromatic nitrogens is 7. The lowest BCUT2D eigenvalue weighted by atomic mass is 9.89. The molecule has 0 saturated heterocycles. The number of aryl methyl sites for hydroxylation is 2. The van der Waals surface area contributed by atoms with Gasteiger partial charge in [0.25, 0.3) is 0 Å². The molecule has 0 spiro atoms. The topological polar surface area (TPSA) is 82.3 Å². The number of tetrazole rings is 1. The highest BCUT2D eigenvalue weighted by Crippen LogP contribution is 2.42. The van der Waals surface area contributed by atoms with Crippen LogP contribution >= 0.6 is 23.1 Å². The molecule has 0 fully saturated rings. The first-order valence-corrected chi connectivity index (χ1v) is 10.4. The van der Waals surface area contributed by atoms with Crippen molar-refractivity contribution in [2.75, 3.05) is 0 Å². The lowest BCUT2D eigenvalue weighted by Gasteiger charge is -2.18. The van der Waals surface area contributed by atoms with Gasteiger partial charge < -0.3 is 0 Å². The highest BCUT2D eigenvalue weighted by molar-refractivity contribution is 7.99. The molecule has 7 nitrogen and oxygen atoms in total. The Morgan fingerprint density at radius 3 is 3.00 bits per heavy atom. The van der Waals surface area contributed by atoms with E-state index in [1.165, 1.54) is 34.0 Å². The highest BCUT2D eigenvalue weighted by atomic mass is 32.2. The van der Waals surface area contributed by atoms with E-state index in [1.54, 1.807) is 28.4 Å². The van der Waals surface area contributed by atoms with Crippen LogP contribution in [0.4, 0.5) is 0 Å². The van der Waals surface area contributed by atoms with Gasteiger partial charge in [-0.2, -0.15) is 0 Å². The summed E-state index contributed by atoms with van der Waals surface area (Å²) in [5.74, 6) is 1.41. The molecular formula is C18H17N7S2. The van der Waals surface area contributed by atoms with Crippen molar-refractivity contribution in [1.29, 1.82) is 0 Å². The standard InChI is InChI=1S/C18H17N7S2/c1-10-5-6-12-13(8-10)26-16-14(12)17(27-18-22-23-24-25(18)2)21-15(20-16)11-4-3-7-19-9-11/h3-4,7,9-10H,5-6,8H2,1-2H3/t10-/m1/s1. The van der Waals surface area contributed by atoms with Gasteiger partial charge in [0.05, 0.1) is 0 Å². The lowest BCUT2D eigenvalue weighted by molar-refractivity contribution is 0.509. The molecule has 1 aliphatic rings. The molecule has 0 saturated carbocycles. The third kappa shape index (κ3) is 3.00. The molecule has 4 heterocycles. The van der Waals surface area contributed by atoms with E-state index in [-0.39, 0.29) is 0 Å². The van der Waals surface area contributed by atoms with Crippen LogP contribution in [0.5, 0.6) is 0 Å². The average molecular weight is 396 g/mol. The molecule has 0 N–H and O–H groups in total. The van der Waals surface area contributed by atoms with Crippen LogP contribution in [0.2, 0.25) is 0 Å². The van der Waals surface area contributed by atoms with Gasteiger partial charge in [-0.3, -0.25) is 4.98 Å². The summed E-state index contributed by atoms with van der Waals surface area (Å²) in [5.41, 5.74) is 2.32. The van der Waals surface area contributed by atoms with Crippen molar-refractivity contribution in [3.05, 3.63) is 35.0 Å². The van der Waals surface area contributed by atoms with Crippen LogP contribution in [0, 0.1) is 5.92 Å². The van der Waals surface area contributed by atoms with E-state index in [0.29, 0.717) is 5.82 Å². The minimum atomic E-state index is 0.694. The number of nitrogens with zero attached hydrogens (tertiary/aromatic N) is 7. The first-order chi connectivity index (χ1) is 13.2. The summed E-state index contributed by atoms with van der Waals surface area (Å²) < 4.78 is 1.67. The zero-order valence-electron chi connectivity index (χ0n) is 15.0. The molecule has 0 amide bonds. The first kappa shape index (κ1) is 16.8. The molecule has 136 valence electrons. The van der Waals surface area contributed by atoms with E-state index in [4.69, 9.17) is 9.97 Å². The number of thiophene rings is 1. The predicted octanol–water partition coefficient (Wildman–Crippen LogP) is 3.55. The second kappa shape index (κ2) is 6.65. The van der Waals surface area contributed by atoms with Crippen LogP contribution in [0.1, 0.15) is 23.8 Å². The maximum atomic E-state index is 4.90. The molecule has 0 unspecified atom stereocenters. The third-order valence-corrected chi connectivity index (χ3v) is 6.98. The van der Waals surface area contributed by atoms with Crippen LogP contribution < -0.4 is 0 Å². The molecule has 0 bridgehead atoms. The Labute approximate surface area is 164 Å². The van der Waals surface area contributed by atoms with Crippen LogP contribution in [-0.2, 0) is 19.9 Å². The molecule has 4 aromatic rings. The second-order valence-electron chi connectivity index (χ2n) is 6.81. The largest absolute Gasteiger partial charge is 0.264 e. The number of fused-ring (bicyclic) bond motifs is 3. The molecule has 0 aromatic carbocycles. The van der Waals surface area contributed by atoms with E-state index < -0.39 is 0 Å². The number of hydrogen-bond acceptors (Lipinski definition) is 8. The summed E-state index contributed by atoms with van der Waals surface area (Å²) in [4.78, 5) is 16.5. The summed E-state index contributed by atoms with van der Waals surface area (Å²) >= 11 is 3.30. The monoisotopic (exact) mass is 395 g/mol. The lowest BCUT2D eigenvalue weighted by Crippen LogP contribution is -2.08. The van der Waals surface area contributed by atoms with E-state index in [0.717, 1.165) is 39.3 Å². The van der Waals surface area contributed by atoms with Gasteiger partial charge in [-0.15, -0.1) is 16.4 Å². The number of pyridine rings is 1. The van der Waals surface area contributed by atoms with Gasteiger partial charge in [0, 0.05) is 35.3 Å². The van der Waals surface area contributed by atoms with Gasteiger partial charge in [-0.25, -0.2) is 14.6 Å². The minimum Gasteiger partial charge on any atom is -0.264 e. The van der Waals surface area contributed by atoms with Crippen molar-refractivity contribution in [1.82, 2.24) is 35.2 Å². The van der Waals surface area contributed by atoms with Gasteiger partial charge in [-0.05, 0) is 65.1 Å². The Kier molecular flexibility index (Phi) is 4.13. The van der Waals surface area contributed by atoms with Crippen molar-refractivity contribution in [3.63, 3.8) is 0 Å². The Bertz CT molecular complexity index is 1120. The number of rotatable bonds is 3. The van der Waals surface area contributed by atoms with Gasteiger partial charge in [-0.1, -0.05) is 6.92 Å². The summed E-state index contributed by atoms with van der Waals surface area (Å²) in [6.45, 7) is 2.32. The number of hydrogen-bond donors (Lipinski definition) is 0. The van der Waals surface area contributed by atoms with Crippen LogP contribution in [0.25, 0.3) is 21.6 Å². The van der Waals surface area contributed by atoms with Crippen molar-refractivity contribution in [2.45, 2.75) is 36.4 Å². The fourth-order valence-corrected chi connectivity index (χ4v) is 5.72. The molecule has 9 heteroatoms. The molecule has 4 aromatic heterocycles. The predicted molar refractivity (Wildman–Crippen MR) is 105 cm³/mol. The summed E-state index contributed by atoms with van der Waals surface area (Å²) in [7, 11) is 1.84. The zero-order valence-corrected chi connectivity index (χ0v) is 16.6. The fraction of sp³-hybridized carbons (Fsp3) is 0.333. The first-order valence-electron chi connectivity index (χ1n) is 8.82. The highest BCUT2D eigenvalue weighted by Gasteiger charge is 2.25. The summed E-state index contributed by atoms with van der Waals surface area (Å²) in [6.07, 6.45) is 6.97. The molecule has 0 aliphatic heterocycles. The molecule has 27 heavy (non-hydrogen) atoms. The minimum absolute atomic E-state index is 0.694. The van der Waals surface area contributed by atoms with Gasteiger partial charge in [0.2, 0.25) is 5.16 Å². The second-order valence-corrected chi connectivity index (χ2v) is 8.85. The molecule has 1 aliphatic carbocycles. The Balaban J connectivity index is 1.72. The van der Waals surface area contributed by atoms with Crippen molar-refractivity contribution >= 4 is 33.3 Å². The van der Waals surface area contributed by atoms with Crippen LogP contribution in [0.15, 0.2) is 34.7 Å². The van der Waals surface area contributed by atoms with Gasteiger partial charge >= 0.3 is 0 Å². The maximum absolute atomic E-state index is 4.90. The van der Waals surface area contributed by atoms with E-state index in [9.17, 15) is 0 Å². The SMILES string of the molecule is C[C@@H]1CCc2c(sc3nc(-c4cccnc4)nc(Sc4nnnn4C)c23)C1. The Hall–Kier alpha value is -2.39. The van der Waals surface area contributed by atoms with Gasteiger partial charge in [0.15, 0.2) is 5.82 Å². The zero-order chi connectivity index (χ0) is 18.4. The molecule has 1 atom stereocenters. The quantitative estimate of drug-likeness (QED) is 0.491. The van der Waals surface area contributed by atoms with E-state index >= 15 is 0 Å². The molecular weight excluding hydrogens is 378 g/mol.